The van der Waals surface area contributed by atoms with E-state index in [1.165, 1.54) is 0 Å². The Morgan fingerprint density at radius 1 is 1.12 bits per heavy atom. The second-order valence-corrected chi connectivity index (χ2v) is 8.19. The molecule has 34 heavy (non-hydrogen) atoms. The quantitative estimate of drug-likeness (QED) is 0.506. The SMILES string of the molecule is CCOc1ccc(-c2nn(-c3ccccc3)cc2[C@@H]2NC(=O)NC(C)=C2C(=O)OC(C)C)cc1. The number of nitrogens with zero attached hydrogens (tertiary/aromatic N) is 2. The molecule has 2 aromatic carbocycles. The van der Waals surface area contributed by atoms with Crippen LogP contribution in [0.1, 0.15) is 39.3 Å². The van der Waals surface area contributed by atoms with Crippen molar-refractivity contribution in [2.24, 2.45) is 0 Å². The molecule has 0 aliphatic carbocycles. The molecule has 1 atom stereocenters. The number of urea groups is 1. The van der Waals surface area contributed by atoms with Crippen LogP contribution in [0.15, 0.2) is 72.1 Å². The standard InChI is InChI=1S/C26H28N4O4/c1-5-33-20-13-11-18(12-14-20)23-21(15-30(29-23)19-9-7-6-8-10-19)24-22(25(31)34-16(2)3)17(4)27-26(32)28-24/h6-16,24H,5H2,1-4H3,(H2,27,28,32)/t24-/m0/s1. The molecule has 0 fully saturated rings. The molecule has 4 rings (SSSR count). The van der Waals surface area contributed by atoms with Gasteiger partial charge in [0.15, 0.2) is 0 Å². The van der Waals surface area contributed by atoms with Crippen molar-refractivity contribution >= 4 is 12.0 Å². The van der Waals surface area contributed by atoms with Crippen molar-refractivity contribution in [2.75, 3.05) is 6.61 Å². The van der Waals surface area contributed by atoms with E-state index in [4.69, 9.17) is 14.6 Å². The van der Waals surface area contributed by atoms with Gasteiger partial charge in [0.1, 0.15) is 5.75 Å². The summed E-state index contributed by atoms with van der Waals surface area (Å²) < 4.78 is 12.8. The largest absolute Gasteiger partial charge is 0.494 e. The Bertz CT molecular complexity index is 1210. The number of carbonyl (C=O) groups is 2. The average Bonchev–Trinajstić information content (AvgIpc) is 3.25. The summed E-state index contributed by atoms with van der Waals surface area (Å²) in [5.41, 5.74) is 3.79. The lowest BCUT2D eigenvalue weighted by molar-refractivity contribution is -0.143. The normalized spacial score (nSPS) is 15.7. The van der Waals surface area contributed by atoms with E-state index >= 15 is 0 Å². The van der Waals surface area contributed by atoms with E-state index in [2.05, 4.69) is 10.6 Å². The molecule has 0 radical (unpaired) electrons. The molecular weight excluding hydrogens is 432 g/mol. The minimum atomic E-state index is -0.737. The topological polar surface area (TPSA) is 94.5 Å². The maximum absolute atomic E-state index is 13.0. The Morgan fingerprint density at radius 3 is 2.47 bits per heavy atom. The van der Waals surface area contributed by atoms with Gasteiger partial charge in [0, 0.05) is 23.0 Å². The fourth-order valence-electron chi connectivity index (χ4n) is 3.89. The first-order chi connectivity index (χ1) is 16.4. The molecule has 0 unspecified atom stereocenters. The number of nitrogens with one attached hydrogen (secondary N) is 2. The van der Waals surface area contributed by atoms with E-state index < -0.39 is 18.0 Å². The van der Waals surface area contributed by atoms with Gasteiger partial charge in [-0.1, -0.05) is 18.2 Å². The highest BCUT2D eigenvalue weighted by molar-refractivity contribution is 5.95. The number of aromatic nitrogens is 2. The predicted octanol–water partition coefficient (Wildman–Crippen LogP) is 4.52. The molecule has 8 nitrogen and oxygen atoms in total. The monoisotopic (exact) mass is 460 g/mol. The molecule has 2 amide bonds. The number of esters is 1. The molecule has 0 bridgehead atoms. The van der Waals surface area contributed by atoms with Crippen LogP contribution in [0.2, 0.25) is 0 Å². The van der Waals surface area contributed by atoms with Crippen LogP contribution in [-0.4, -0.2) is 34.5 Å². The minimum Gasteiger partial charge on any atom is -0.494 e. The lowest BCUT2D eigenvalue weighted by Crippen LogP contribution is -2.45. The van der Waals surface area contributed by atoms with Crippen LogP contribution in [-0.2, 0) is 9.53 Å². The van der Waals surface area contributed by atoms with Gasteiger partial charge in [-0.15, -0.1) is 0 Å². The Kier molecular flexibility index (Phi) is 6.67. The van der Waals surface area contributed by atoms with Gasteiger partial charge in [0.25, 0.3) is 0 Å². The zero-order valence-corrected chi connectivity index (χ0v) is 19.7. The highest BCUT2D eigenvalue weighted by Gasteiger charge is 2.35. The number of amides is 2. The van der Waals surface area contributed by atoms with E-state index in [0.29, 0.717) is 29.1 Å². The summed E-state index contributed by atoms with van der Waals surface area (Å²) in [6, 6.07) is 16.1. The molecular formula is C26H28N4O4. The molecule has 0 spiro atoms. The summed E-state index contributed by atoms with van der Waals surface area (Å²) in [6.07, 6.45) is 1.54. The smallest absolute Gasteiger partial charge is 0.338 e. The average molecular weight is 461 g/mol. The highest BCUT2D eigenvalue weighted by Crippen LogP contribution is 2.35. The number of hydrogen-bond acceptors (Lipinski definition) is 5. The summed E-state index contributed by atoms with van der Waals surface area (Å²) >= 11 is 0. The van der Waals surface area contributed by atoms with Gasteiger partial charge >= 0.3 is 12.0 Å². The van der Waals surface area contributed by atoms with Crippen LogP contribution in [0.4, 0.5) is 4.79 Å². The summed E-state index contributed by atoms with van der Waals surface area (Å²) in [5.74, 6) is 0.262. The van der Waals surface area contributed by atoms with Crippen LogP contribution in [0, 0.1) is 0 Å². The van der Waals surface area contributed by atoms with E-state index in [1.807, 2.05) is 67.7 Å². The van der Waals surface area contributed by atoms with Gasteiger partial charge < -0.3 is 20.1 Å². The van der Waals surface area contributed by atoms with Gasteiger partial charge in [-0.3, -0.25) is 0 Å². The van der Waals surface area contributed by atoms with E-state index in [1.54, 1.807) is 25.5 Å². The summed E-state index contributed by atoms with van der Waals surface area (Å²) in [6.45, 7) is 7.77. The first-order valence-electron chi connectivity index (χ1n) is 11.2. The highest BCUT2D eigenvalue weighted by atomic mass is 16.5. The molecule has 3 aromatic rings. The number of ether oxygens (including phenoxy) is 2. The summed E-state index contributed by atoms with van der Waals surface area (Å²) in [5, 5.41) is 10.4. The Balaban J connectivity index is 1.86. The fraction of sp³-hybridized carbons (Fsp3) is 0.269. The van der Waals surface area contributed by atoms with Crippen molar-refractivity contribution in [1.82, 2.24) is 20.4 Å². The molecule has 1 aromatic heterocycles. The summed E-state index contributed by atoms with van der Waals surface area (Å²) in [4.78, 5) is 25.5. The fourth-order valence-corrected chi connectivity index (χ4v) is 3.89. The third kappa shape index (κ3) is 4.80. The van der Waals surface area contributed by atoms with Gasteiger partial charge in [0.2, 0.25) is 0 Å². The van der Waals surface area contributed by atoms with Crippen molar-refractivity contribution in [1.29, 1.82) is 0 Å². The Morgan fingerprint density at radius 2 is 1.82 bits per heavy atom. The van der Waals surface area contributed by atoms with Crippen LogP contribution < -0.4 is 15.4 Å². The van der Waals surface area contributed by atoms with Crippen molar-refractivity contribution in [3.05, 3.63) is 77.6 Å². The molecule has 2 heterocycles. The third-order valence-corrected chi connectivity index (χ3v) is 5.34. The molecule has 0 saturated heterocycles. The van der Waals surface area contributed by atoms with Crippen LogP contribution >= 0.6 is 0 Å². The zero-order chi connectivity index (χ0) is 24.2. The minimum absolute atomic E-state index is 0.302. The Hall–Kier alpha value is -4.07. The molecule has 1 aliphatic heterocycles. The van der Waals surface area contributed by atoms with Crippen LogP contribution in [0.25, 0.3) is 16.9 Å². The summed E-state index contributed by atoms with van der Waals surface area (Å²) in [7, 11) is 0. The van der Waals surface area contributed by atoms with Crippen molar-refractivity contribution in [3.63, 3.8) is 0 Å². The lowest BCUT2D eigenvalue weighted by atomic mass is 9.93. The van der Waals surface area contributed by atoms with Gasteiger partial charge in [-0.2, -0.15) is 5.10 Å². The molecule has 1 aliphatic rings. The van der Waals surface area contributed by atoms with Gasteiger partial charge in [-0.25, -0.2) is 14.3 Å². The maximum Gasteiger partial charge on any atom is 0.338 e. The van der Waals surface area contributed by atoms with E-state index in [0.717, 1.165) is 17.0 Å². The molecule has 2 N–H and O–H groups in total. The van der Waals surface area contributed by atoms with E-state index in [9.17, 15) is 9.59 Å². The van der Waals surface area contributed by atoms with Crippen LogP contribution in [0.5, 0.6) is 5.75 Å². The number of rotatable bonds is 7. The van der Waals surface area contributed by atoms with Gasteiger partial charge in [0.05, 0.1) is 35.7 Å². The second-order valence-electron chi connectivity index (χ2n) is 8.19. The van der Waals surface area contributed by atoms with Crippen molar-refractivity contribution < 1.29 is 19.1 Å². The third-order valence-electron chi connectivity index (χ3n) is 5.34. The number of para-hydroxylation sites is 1. The van der Waals surface area contributed by atoms with E-state index in [-0.39, 0.29) is 6.10 Å². The number of hydrogen-bond donors (Lipinski definition) is 2. The number of carbonyl (C=O) groups excluding carboxylic acids is 2. The first kappa shape index (κ1) is 23.1. The zero-order valence-electron chi connectivity index (χ0n) is 19.7. The molecule has 176 valence electrons. The van der Waals surface area contributed by atoms with Crippen molar-refractivity contribution in [3.8, 4) is 22.7 Å². The number of allylic oxidation sites excluding steroid dienone is 1. The van der Waals surface area contributed by atoms with Crippen LogP contribution in [0.3, 0.4) is 0 Å². The lowest BCUT2D eigenvalue weighted by Gasteiger charge is -2.28. The molecule has 8 heteroatoms. The second kappa shape index (κ2) is 9.82. The predicted molar refractivity (Wildman–Crippen MR) is 129 cm³/mol. The number of benzene rings is 2. The van der Waals surface area contributed by atoms with Gasteiger partial charge in [-0.05, 0) is 64.1 Å². The first-order valence-corrected chi connectivity index (χ1v) is 11.2. The molecule has 0 saturated carbocycles. The maximum atomic E-state index is 13.0. The van der Waals surface area contributed by atoms with Crippen molar-refractivity contribution in [2.45, 2.75) is 39.8 Å². The Labute approximate surface area is 198 Å².